The lowest BCUT2D eigenvalue weighted by molar-refractivity contribution is 0.0698. The van der Waals surface area contributed by atoms with Crippen molar-refractivity contribution >= 4 is 5.97 Å². The van der Waals surface area contributed by atoms with Crippen LogP contribution in [-0.2, 0) is 0 Å². The van der Waals surface area contributed by atoms with Gasteiger partial charge >= 0.3 is 5.97 Å². The molecule has 4 nitrogen and oxygen atoms in total. The average Bonchev–Trinajstić information content (AvgIpc) is 2.89. The zero-order chi connectivity index (χ0) is 13.7. The molecule has 19 heavy (non-hydrogen) atoms. The predicted molar refractivity (Wildman–Crippen MR) is 73.6 cm³/mol. The van der Waals surface area contributed by atoms with Gasteiger partial charge in [0.05, 0.1) is 12.2 Å². The van der Waals surface area contributed by atoms with Crippen LogP contribution in [0.1, 0.15) is 30.1 Å². The largest absolute Gasteiger partial charge is 0.494 e. The van der Waals surface area contributed by atoms with Gasteiger partial charge in [-0.05, 0) is 24.1 Å². The Balaban J connectivity index is 2.13. The Morgan fingerprint density at radius 3 is 2.63 bits per heavy atom. The minimum Gasteiger partial charge on any atom is -0.494 e. The summed E-state index contributed by atoms with van der Waals surface area (Å²) in [5.74, 6) is -0.121. The molecule has 2 aromatic rings. The first kappa shape index (κ1) is 13.2. The highest BCUT2D eigenvalue weighted by atomic mass is 16.5. The van der Waals surface area contributed by atoms with Crippen LogP contribution in [0.5, 0.6) is 5.75 Å². The van der Waals surface area contributed by atoms with Gasteiger partial charge in [-0.3, -0.25) is 0 Å². The molecule has 0 amide bonds. The molecule has 0 saturated heterocycles. The van der Waals surface area contributed by atoms with E-state index in [2.05, 4.69) is 11.9 Å². The highest BCUT2D eigenvalue weighted by Crippen LogP contribution is 2.25. The van der Waals surface area contributed by atoms with Crippen LogP contribution in [0.4, 0.5) is 0 Å². The first-order valence-electron chi connectivity index (χ1n) is 6.35. The lowest BCUT2D eigenvalue weighted by Crippen LogP contribution is -1.97. The normalized spacial score (nSPS) is 10.4. The second-order valence-corrected chi connectivity index (χ2v) is 4.31. The summed E-state index contributed by atoms with van der Waals surface area (Å²) in [5, 5.41) is 9.07. The molecule has 0 aliphatic rings. The van der Waals surface area contributed by atoms with Gasteiger partial charge in [0.25, 0.3) is 0 Å². The summed E-state index contributed by atoms with van der Waals surface area (Å²) in [6.45, 7) is 2.83. The Kier molecular flexibility index (Phi) is 4.23. The number of aromatic carboxylic acids is 1. The van der Waals surface area contributed by atoms with E-state index in [9.17, 15) is 4.79 Å². The number of benzene rings is 1. The fourth-order valence-corrected chi connectivity index (χ4v) is 1.84. The molecule has 1 aromatic heterocycles. The third-order valence-corrected chi connectivity index (χ3v) is 2.91. The number of carboxylic acid groups (broad SMARTS) is 1. The third-order valence-electron chi connectivity index (χ3n) is 2.91. The molecule has 0 saturated carbocycles. The zero-order valence-electron chi connectivity index (χ0n) is 10.8. The fraction of sp³-hybridized carbons (Fsp3) is 0.267. The summed E-state index contributed by atoms with van der Waals surface area (Å²) in [6, 6.07) is 7.47. The van der Waals surface area contributed by atoms with Gasteiger partial charge in [0, 0.05) is 18.0 Å². The summed E-state index contributed by atoms with van der Waals surface area (Å²) >= 11 is 0. The molecule has 2 N–H and O–H groups in total. The number of hydrogen-bond donors (Lipinski definition) is 2. The predicted octanol–water partition coefficient (Wildman–Crippen LogP) is 3.56. The van der Waals surface area contributed by atoms with Crippen LogP contribution >= 0.6 is 0 Å². The van der Waals surface area contributed by atoms with Crippen LogP contribution in [0.25, 0.3) is 11.1 Å². The van der Waals surface area contributed by atoms with E-state index in [1.807, 2.05) is 24.3 Å². The number of hydrogen-bond acceptors (Lipinski definition) is 2. The van der Waals surface area contributed by atoms with Crippen molar-refractivity contribution in [3.63, 3.8) is 0 Å². The molecule has 0 atom stereocenters. The minimum atomic E-state index is -0.931. The van der Waals surface area contributed by atoms with E-state index in [0.29, 0.717) is 12.2 Å². The van der Waals surface area contributed by atoms with E-state index in [4.69, 9.17) is 9.84 Å². The molecule has 1 aromatic carbocycles. The summed E-state index contributed by atoms with van der Waals surface area (Å²) in [5.41, 5.74) is 1.83. The molecule has 0 radical (unpaired) electrons. The van der Waals surface area contributed by atoms with Gasteiger partial charge in [0.1, 0.15) is 5.75 Å². The number of rotatable bonds is 6. The van der Waals surface area contributed by atoms with Crippen molar-refractivity contribution in [1.29, 1.82) is 0 Å². The monoisotopic (exact) mass is 259 g/mol. The highest BCUT2D eigenvalue weighted by molar-refractivity contribution is 5.95. The van der Waals surface area contributed by atoms with Gasteiger partial charge in [0.2, 0.25) is 0 Å². The van der Waals surface area contributed by atoms with Gasteiger partial charge in [-0.25, -0.2) is 4.79 Å². The van der Waals surface area contributed by atoms with Crippen LogP contribution in [0.15, 0.2) is 36.7 Å². The van der Waals surface area contributed by atoms with E-state index in [-0.39, 0.29) is 5.56 Å². The Labute approximate surface area is 112 Å². The second-order valence-electron chi connectivity index (χ2n) is 4.31. The lowest BCUT2D eigenvalue weighted by Gasteiger charge is -2.06. The SMILES string of the molecule is CCCCOc1ccc(-c2c[nH]cc2C(=O)O)cc1. The molecule has 0 bridgehead atoms. The van der Waals surface area contributed by atoms with Gasteiger partial charge in [-0.2, -0.15) is 0 Å². The van der Waals surface area contributed by atoms with Crippen molar-refractivity contribution < 1.29 is 14.6 Å². The molecule has 0 fully saturated rings. The summed E-state index contributed by atoms with van der Waals surface area (Å²) in [6.07, 6.45) is 5.31. The molecular formula is C15H17NO3. The first-order chi connectivity index (χ1) is 9.22. The number of aromatic amines is 1. The molecular weight excluding hydrogens is 242 g/mol. The summed E-state index contributed by atoms with van der Waals surface area (Å²) in [4.78, 5) is 13.9. The van der Waals surface area contributed by atoms with Crippen LogP contribution in [0.3, 0.4) is 0 Å². The van der Waals surface area contributed by atoms with Crippen molar-refractivity contribution in [3.05, 3.63) is 42.2 Å². The van der Waals surface area contributed by atoms with E-state index < -0.39 is 5.97 Å². The van der Waals surface area contributed by atoms with Crippen molar-refractivity contribution in [2.45, 2.75) is 19.8 Å². The molecule has 0 unspecified atom stereocenters. The second kappa shape index (κ2) is 6.09. The van der Waals surface area contributed by atoms with Crippen LogP contribution in [0.2, 0.25) is 0 Å². The van der Waals surface area contributed by atoms with Crippen LogP contribution in [-0.4, -0.2) is 22.7 Å². The maximum Gasteiger partial charge on any atom is 0.337 e. The summed E-state index contributed by atoms with van der Waals surface area (Å²) in [7, 11) is 0. The van der Waals surface area contributed by atoms with Crippen molar-refractivity contribution in [2.75, 3.05) is 6.61 Å². The smallest absolute Gasteiger partial charge is 0.337 e. The van der Waals surface area contributed by atoms with Crippen molar-refractivity contribution in [2.24, 2.45) is 0 Å². The Bertz CT molecular complexity index is 543. The maximum absolute atomic E-state index is 11.1. The molecule has 0 aliphatic heterocycles. The van der Waals surface area contributed by atoms with E-state index in [0.717, 1.165) is 24.2 Å². The van der Waals surface area contributed by atoms with Gasteiger partial charge < -0.3 is 14.8 Å². The molecule has 1 heterocycles. The third kappa shape index (κ3) is 3.16. The number of unbranched alkanes of at least 4 members (excludes halogenated alkanes) is 1. The number of nitrogens with one attached hydrogen (secondary N) is 1. The number of carbonyl (C=O) groups is 1. The lowest BCUT2D eigenvalue weighted by atomic mass is 10.0. The first-order valence-corrected chi connectivity index (χ1v) is 6.35. The molecule has 0 spiro atoms. The molecule has 0 aliphatic carbocycles. The minimum absolute atomic E-state index is 0.277. The fourth-order valence-electron chi connectivity index (χ4n) is 1.84. The van der Waals surface area contributed by atoms with E-state index in [1.54, 1.807) is 6.20 Å². The van der Waals surface area contributed by atoms with E-state index in [1.165, 1.54) is 6.20 Å². The number of aromatic nitrogens is 1. The zero-order valence-corrected chi connectivity index (χ0v) is 10.8. The number of ether oxygens (including phenoxy) is 1. The van der Waals surface area contributed by atoms with Crippen molar-refractivity contribution in [3.8, 4) is 16.9 Å². The molecule has 2 rings (SSSR count). The molecule has 100 valence electrons. The van der Waals surface area contributed by atoms with Crippen LogP contribution in [0, 0.1) is 0 Å². The average molecular weight is 259 g/mol. The van der Waals surface area contributed by atoms with Crippen molar-refractivity contribution in [1.82, 2.24) is 4.98 Å². The topological polar surface area (TPSA) is 62.3 Å². The Morgan fingerprint density at radius 2 is 2.00 bits per heavy atom. The highest BCUT2D eigenvalue weighted by Gasteiger charge is 2.12. The van der Waals surface area contributed by atoms with Gasteiger partial charge in [-0.1, -0.05) is 25.5 Å². The van der Waals surface area contributed by atoms with E-state index >= 15 is 0 Å². The summed E-state index contributed by atoms with van der Waals surface area (Å²) < 4.78 is 5.57. The quantitative estimate of drug-likeness (QED) is 0.780. The van der Waals surface area contributed by atoms with Crippen LogP contribution < -0.4 is 4.74 Å². The van der Waals surface area contributed by atoms with Gasteiger partial charge in [0.15, 0.2) is 0 Å². The Hall–Kier alpha value is -2.23. The van der Waals surface area contributed by atoms with Gasteiger partial charge in [-0.15, -0.1) is 0 Å². The number of H-pyrrole nitrogens is 1. The standard InChI is InChI=1S/C15H17NO3/c1-2-3-8-19-12-6-4-11(5-7-12)13-9-16-10-14(13)15(17)18/h4-7,9-10,16H,2-3,8H2,1H3,(H,17,18). The number of carboxylic acids is 1. The molecule has 4 heteroatoms. The maximum atomic E-state index is 11.1. The Morgan fingerprint density at radius 1 is 1.26 bits per heavy atom.